The van der Waals surface area contributed by atoms with E-state index in [-0.39, 0.29) is 25.2 Å². The maximum atomic E-state index is 12.6. The summed E-state index contributed by atoms with van der Waals surface area (Å²) in [6.45, 7) is 2.06. The number of hydrogen-bond acceptors (Lipinski definition) is 3. The van der Waals surface area contributed by atoms with Gasteiger partial charge in [0.05, 0.1) is 12.4 Å². The van der Waals surface area contributed by atoms with Gasteiger partial charge in [0, 0.05) is 12.3 Å². The molecule has 0 bridgehead atoms. The van der Waals surface area contributed by atoms with Crippen molar-refractivity contribution in [2.75, 3.05) is 12.4 Å². The second-order valence-corrected chi connectivity index (χ2v) is 7.77. The van der Waals surface area contributed by atoms with E-state index in [2.05, 4.69) is 6.92 Å². The zero-order chi connectivity index (χ0) is 15.8. The molecule has 1 saturated carbocycles. The van der Waals surface area contributed by atoms with E-state index in [1.54, 1.807) is 0 Å². The lowest BCUT2D eigenvalue weighted by atomic mass is 10.1. The molecule has 0 amide bonds. The summed E-state index contributed by atoms with van der Waals surface area (Å²) < 4.78 is 53.1. The van der Waals surface area contributed by atoms with Gasteiger partial charge >= 0.3 is 0 Å². The van der Waals surface area contributed by atoms with Gasteiger partial charge in [0.1, 0.15) is 0 Å². The highest BCUT2D eigenvalue weighted by Gasteiger charge is 2.56. The summed E-state index contributed by atoms with van der Waals surface area (Å²) in [5, 5.41) is 0. The third-order valence-electron chi connectivity index (χ3n) is 3.93. The summed E-state index contributed by atoms with van der Waals surface area (Å²) in [5.74, 6) is -3.27. The maximum absolute atomic E-state index is 12.6. The van der Waals surface area contributed by atoms with Crippen molar-refractivity contribution in [2.45, 2.75) is 77.1 Å². The van der Waals surface area contributed by atoms with Crippen LogP contribution in [-0.2, 0) is 14.3 Å². The van der Waals surface area contributed by atoms with Crippen LogP contribution in [0.4, 0.5) is 8.78 Å². The van der Waals surface area contributed by atoms with E-state index < -0.39 is 22.0 Å². The van der Waals surface area contributed by atoms with Crippen molar-refractivity contribution in [2.24, 2.45) is 5.92 Å². The molecule has 6 heteroatoms. The first-order chi connectivity index (χ1) is 9.87. The molecule has 1 atom stereocenters. The lowest BCUT2D eigenvalue weighted by molar-refractivity contribution is 0.0932. The van der Waals surface area contributed by atoms with E-state index in [9.17, 15) is 17.2 Å². The van der Waals surface area contributed by atoms with Crippen molar-refractivity contribution in [1.29, 1.82) is 0 Å². The summed E-state index contributed by atoms with van der Waals surface area (Å²) in [4.78, 5) is 0. The van der Waals surface area contributed by atoms with Crippen LogP contribution in [0.1, 0.15) is 71.1 Å². The summed E-state index contributed by atoms with van der Waals surface area (Å²) in [7, 11) is -3.53. The molecule has 1 aliphatic rings. The molecule has 0 radical (unpaired) electrons. The van der Waals surface area contributed by atoms with Crippen LogP contribution in [-0.4, -0.2) is 26.7 Å². The molecule has 0 aromatic rings. The second-order valence-electron chi connectivity index (χ2n) is 6.01. The topological polar surface area (TPSA) is 43.4 Å². The van der Waals surface area contributed by atoms with Crippen molar-refractivity contribution in [1.82, 2.24) is 0 Å². The minimum absolute atomic E-state index is 0.00300. The first-order valence-electron chi connectivity index (χ1n) is 8.12. The predicted octanol–water partition coefficient (Wildman–Crippen LogP) is 4.52. The van der Waals surface area contributed by atoms with Gasteiger partial charge in [-0.25, -0.2) is 8.78 Å². The molecule has 1 rings (SSSR count). The molecule has 0 saturated heterocycles. The maximum Gasteiger partial charge on any atom is 0.267 e. The summed E-state index contributed by atoms with van der Waals surface area (Å²) >= 11 is 0. The van der Waals surface area contributed by atoms with Gasteiger partial charge in [-0.05, 0) is 12.8 Å². The van der Waals surface area contributed by atoms with Crippen LogP contribution >= 0.6 is 0 Å². The molecule has 0 heterocycles. The highest BCUT2D eigenvalue weighted by atomic mass is 32.2. The van der Waals surface area contributed by atoms with Gasteiger partial charge in [-0.15, -0.1) is 0 Å². The standard InChI is InChI=1S/C15H28F2O3S/c1-2-3-4-5-6-7-8-9-12-21(18,19)20-11-10-14-13-15(14,16)17/h14H,2-13H2,1H3. The fraction of sp³-hybridized carbons (Fsp3) is 1.00. The van der Waals surface area contributed by atoms with Crippen LogP contribution in [0.15, 0.2) is 0 Å². The smallest absolute Gasteiger partial charge is 0.267 e. The zero-order valence-corrected chi connectivity index (χ0v) is 13.8. The van der Waals surface area contributed by atoms with Crippen molar-refractivity contribution in [3.8, 4) is 0 Å². The molecule has 0 N–H and O–H groups in total. The molecule has 126 valence electrons. The lowest BCUT2D eigenvalue weighted by Gasteiger charge is -2.05. The molecule has 0 aromatic carbocycles. The molecule has 0 spiro atoms. The predicted molar refractivity (Wildman–Crippen MR) is 80.0 cm³/mol. The molecule has 3 nitrogen and oxygen atoms in total. The average Bonchev–Trinajstić information content (AvgIpc) is 3.00. The molecular weight excluding hydrogens is 298 g/mol. The van der Waals surface area contributed by atoms with Crippen LogP contribution < -0.4 is 0 Å². The number of hydrogen-bond donors (Lipinski definition) is 0. The van der Waals surface area contributed by atoms with E-state index >= 15 is 0 Å². The lowest BCUT2D eigenvalue weighted by Crippen LogP contribution is -2.12. The molecule has 0 aromatic heterocycles. The average molecular weight is 326 g/mol. The van der Waals surface area contributed by atoms with E-state index in [4.69, 9.17) is 4.18 Å². The van der Waals surface area contributed by atoms with E-state index in [0.717, 1.165) is 19.3 Å². The van der Waals surface area contributed by atoms with E-state index in [1.165, 1.54) is 25.7 Å². The minimum Gasteiger partial charge on any atom is -0.270 e. The van der Waals surface area contributed by atoms with E-state index in [1.807, 2.05) is 0 Å². The Morgan fingerprint density at radius 1 is 1.05 bits per heavy atom. The van der Waals surface area contributed by atoms with Gasteiger partial charge in [-0.3, -0.25) is 4.18 Å². The Hall–Kier alpha value is -0.230. The Balaban J connectivity index is 1.95. The highest BCUT2D eigenvalue weighted by Crippen LogP contribution is 2.50. The molecule has 1 fully saturated rings. The highest BCUT2D eigenvalue weighted by molar-refractivity contribution is 7.86. The van der Waals surface area contributed by atoms with Gasteiger partial charge in [0.25, 0.3) is 16.0 Å². The van der Waals surface area contributed by atoms with Crippen molar-refractivity contribution >= 4 is 10.1 Å². The van der Waals surface area contributed by atoms with Gasteiger partial charge in [-0.1, -0.05) is 51.9 Å². The first-order valence-corrected chi connectivity index (χ1v) is 9.70. The first kappa shape index (κ1) is 18.8. The van der Waals surface area contributed by atoms with Crippen LogP contribution in [0, 0.1) is 5.92 Å². The van der Waals surface area contributed by atoms with Gasteiger partial charge in [0.2, 0.25) is 0 Å². The monoisotopic (exact) mass is 326 g/mol. The molecule has 1 aliphatic carbocycles. The number of rotatable bonds is 13. The third-order valence-corrected chi connectivity index (χ3v) is 5.25. The SMILES string of the molecule is CCCCCCCCCCS(=O)(=O)OCCC1CC1(F)F. The number of alkyl halides is 2. The third kappa shape index (κ3) is 8.71. The summed E-state index contributed by atoms with van der Waals surface area (Å²) in [6, 6.07) is 0. The fourth-order valence-electron chi connectivity index (χ4n) is 2.37. The van der Waals surface area contributed by atoms with Crippen LogP contribution in [0.25, 0.3) is 0 Å². The van der Waals surface area contributed by atoms with Gasteiger partial charge < -0.3 is 0 Å². The number of unbranched alkanes of at least 4 members (excludes halogenated alkanes) is 7. The van der Waals surface area contributed by atoms with Crippen LogP contribution in [0.3, 0.4) is 0 Å². The van der Waals surface area contributed by atoms with Crippen LogP contribution in [0.5, 0.6) is 0 Å². The Kier molecular flexibility index (Phi) is 8.09. The second kappa shape index (κ2) is 9.03. The Morgan fingerprint density at radius 3 is 2.10 bits per heavy atom. The normalized spacial score (nSPS) is 20.6. The van der Waals surface area contributed by atoms with Crippen molar-refractivity contribution < 1.29 is 21.4 Å². The van der Waals surface area contributed by atoms with Crippen molar-refractivity contribution in [3.63, 3.8) is 0 Å². The Bertz CT molecular complexity index is 382. The largest absolute Gasteiger partial charge is 0.270 e. The zero-order valence-electron chi connectivity index (χ0n) is 13.0. The molecule has 1 unspecified atom stereocenters. The molecule has 21 heavy (non-hydrogen) atoms. The molecular formula is C15H28F2O3S. The Labute approximate surface area is 127 Å². The van der Waals surface area contributed by atoms with Gasteiger partial charge in [-0.2, -0.15) is 8.42 Å². The number of halogens is 2. The quantitative estimate of drug-likeness (QED) is 0.369. The Morgan fingerprint density at radius 2 is 1.57 bits per heavy atom. The fourth-order valence-corrected chi connectivity index (χ4v) is 3.40. The molecule has 0 aliphatic heterocycles. The minimum atomic E-state index is -3.53. The summed E-state index contributed by atoms with van der Waals surface area (Å²) in [5.41, 5.74) is 0. The van der Waals surface area contributed by atoms with Crippen molar-refractivity contribution in [3.05, 3.63) is 0 Å². The van der Waals surface area contributed by atoms with E-state index in [0.29, 0.717) is 6.42 Å². The summed E-state index contributed by atoms with van der Waals surface area (Å²) in [6.07, 6.45) is 8.63. The van der Waals surface area contributed by atoms with Crippen LogP contribution in [0.2, 0.25) is 0 Å². The van der Waals surface area contributed by atoms with Gasteiger partial charge in [0.15, 0.2) is 0 Å².